The van der Waals surface area contributed by atoms with Crippen LogP contribution in [0.2, 0.25) is 0 Å². The molecule has 0 bridgehead atoms. The SMILES string of the molecule is CN(C)C[C@@H](N)Cc1ccc(O)cc1. The normalized spacial score (nSPS) is 13.1. The Hall–Kier alpha value is -1.06. The maximum Gasteiger partial charge on any atom is 0.115 e. The minimum atomic E-state index is 0.148. The Kier molecular flexibility index (Phi) is 3.92. The first-order valence-electron chi connectivity index (χ1n) is 4.76. The van der Waals surface area contributed by atoms with E-state index in [-0.39, 0.29) is 6.04 Å². The molecule has 1 aromatic rings. The van der Waals surface area contributed by atoms with Crippen molar-refractivity contribution in [2.45, 2.75) is 12.5 Å². The van der Waals surface area contributed by atoms with Crippen molar-refractivity contribution >= 4 is 0 Å². The summed E-state index contributed by atoms with van der Waals surface area (Å²) in [4.78, 5) is 2.07. The van der Waals surface area contributed by atoms with E-state index in [1.165, 1.54) is 0 Å². The number of likely N-dealkylation sites (N-methyl/N-ethyl adjacent to an activating group) is 1. The highest BCUT2D eigenvalue weighted by molar-refractivity contribution is 5.26. The molecule has 3 nitrogen and oxygen atoms in total. The standard InChI is InChI=1S/C11H18N2O/c1-13(2)8-10(12)7-9-3-5-11(14)6-4-9/h3-6,10,14H,7-8,12H2,1-2H3/t10-/m0/s1. The molecule has 0 saturated heterocycles. The van der Waals surface area contributed by atoms with E-state index < -0.39 is 0 Å². The topological polar surface area (TPSA) is 49.5 Å². The van der Waals surface area contributed by atoms with Crippen molar-refractivity contribution in [3.8, 4) is 5.75 Å². The number of aromatic hydroxyl groups is 1. The lowest BCUT2D eigenvalue weighted by Crippen LogP contribution is -2.34. The third-order valence-corrected chi connectivity index (χ3v) is 2.03. The van der Waals surface area contributed by atoms with Gasteiger partial charge in [-0.25, -0.2) is 0 Å². The van der Waals surface area contributed by atoms with Crippen molar-refractivity contribution in [3.63, 3.8) is 0 Å². The van der Waals surface area contributed by atoms with E-state index in [4.69, 9.17) is 10.8 Å². The van der Waals surface area contributed by atoms with Crippen molar-refractivity contribution in [2.75, 3.05) is 20.6 Å². The van der Waals surface area contributed by atoms with E-state index in [9.17, 15) is 0 Å². The zero-order valence-corrected chi connectivity index (χ0v) is 8.77. The molecule has 0 aliphatic heterocycles. The number of nitrogens with two attached hydrogens (primary N) is 1. The summed E-state index contributed by atoms with van der Waals surface area (Å²) < 4.78 is 0. The summed E-state index contributed by atoms with van der Waals surface area (Å²) >= 11 is 0. The molecule has 0 radical (unpaired) electrons. The molecule has 1 aromatic carbocycles. The second-order valence-electron chi connectivity index (χ2n) is 3.89. The van der Waals surface area contributed by atoms with Gasteiger partial charge >= 0.3 is 0 Å². The molecule has 3 heteroatoms. The molecule has 0 unspecified atom stereocenters. The van der Waals surface area contributed by atoms with Crippen molar-refractivity contribution < 1.29 is 5.11 Å². The van der Waals surface area contributed by atoms with Crippen LogP contribution in [0.5, 0.6) is 5.75 Å². The van der Waals surface area contributed by atoms with Crippen LogP contribution in [-0.4, -0.2) is 36.7 Å². The number of benzene rings is 1. The van der Waals surface area contributed by atoms with Gasteiger partial charge in [-0.05, 0) is 38.2 Å². The Bertz CT molecular complexity index is 269. The molecule has 0 fully saturated rings. The molecule has 1 atom stereocenters. The minimum Gasteiger partial charge on any atom is -0.508 e. The van der Waals surface area contributed by atoms with Crippen LogP contribution in [0.1, 0.15) is 5.56 Å². The third-order valence-electron chi connectivity index (χ3n) is 2.03. The summed E-state index contributed by atoms with van der Waals surface area (Å²) in [7, 11) is 4.02. The molecule has 78 valence electrons. The van der Waals surface area contributed by atoms with Gasteiger partial charge in [0.25, 0.3) is 0 Å². The molecule has 0 saturated carbocycles. The highest BCUT2D eigenvalue weighted by Gasteiger charge is 2.04. The van der Waals surface area contributed by atoms with E-state index in [2.05, 4.69) is 4.90 Å². The first kappa shape index (κ1) is 11.0. The molecule has 0 aliphatic carbocycles. The Morgan fingerprint density at radius 1 is 1.29 bits per heavy atom. The van der Waals surface area contributed by atoms with Crippen LogP contribution in [-0.2, 0) is 6.42 Å². The monoisotopic (exact) mass is 194 g/mol. The summed E-state index contributed by atoms with van der Waals surface area (Å²) in [6.45, 7) is 0.876. The molecular formula is C11H18N2O. The maximum absolute atomic E-state index is 9.10. The van der Waals surface area contributed by atoms with Crippen LogP contribution in [0.4, 0.5) is 0 Å². The predicted molar refractivity (Wildman–Crippen MR) is 58.3 cm³/mol. The number of phenols is 1. The fraction of sp³-hybridized carbons (Fsp3) is 0.455. The molecule has 1 rings (SSSR count). The van der Waals surface area contributed by atoms with E-state index in [1.54, 1.807) is 12.1 Å². The Morgan fingerprint density at radius 3 is 2.36 bits per heavy atom. The van der Waals surface area contributed by atoms with Gasteiger partial charge in [0.1, 0.15) is 5.75 Å². The minimum absolute atomic E-state index is 0.148. The molecule has 3 N–H and O–H groups in total. The zero-order valence-electron chi connectivity index (χ0n) is 8.77. The van der Waals surface area contributed by atoms with Crippen LogP contribution in [0.15, 0.2) is 24.3 Å². The second kappa shape index (κ2) is 4.98. The van der Waals surface area contributed by atoms with Gasteiger partial charge < -0.3 is 15.7 Å². The summed E-state index contributed by atoms with van der Waals surface area (Å²) in [6.07, 6.45) is 0.846. The molecule has 0 heterocycles. The number of rotatable bonds is 4. The lowest BCUT2D eigenvalue weighted by atomic mass is 10.1. The van der Waals surface area contributed by atoms with Crippen LogP contribution in [0.25, 0.3) is 0 Å². The summed E-state index contributed by atoms with van der Waals surface area (Å²) in [5.41, 5.74) is 7.10. The summed E-state index contributed by atoms with van der Waals surface area (Å²) in [5.74, 6) is 0.301. The van der Waals surface area contributed by atoms with Gasteiger partial charge in [0.2, 0.25) is 0 Å². The van der Waals surface area contributed by atoms with Crippen molar-refractivity contribution in [2.24, 2.45) is 5.73 Å². The van der Waals surface area contributed by atoms with Gasteiger partial charge in [-0.2, -0.15) is 0 Å². The largest absolute Gasteiger partial charge is 0.508 e. The number of hydrogen-bond donors (Lipinski definition) is 2. The van der Waals surface area contributed by atoms with Crippen LogP contribution < -0.4 is 5.73 Å². The molecular weight excluding hydrogens is 176 g/mol. The van der Waals surface area contributed by atoms with E-state index in [1.807, 2.05) is 26.2 Å². The zero-order chi connectivity index (χ0) is 10.6. The highest BCUT2D eigenvalue weighted by Crippen LogP contribution is 2.10. The predicted octanol–water partition coefficient (Wildman–Crippen LogP) is 0.824. The van der Waals surface area contributed by atoms with Crippen molar-refractivity contribution in [3.05, 3.63) is 29.8 Å². The molecule has 14 heavy (non-hydrogen) atoms. The van der Waals surface area contributed by atoms with E-state index in [0.717, 1.165) is 18.5 Å². The third kappa shape index (κ3) is 3.77. The van der Waals surface area contributed by atoms with Gasteiger partial charge in [0.15, 0.2) is 0 Å². The maximum atomic E-state index is 9.10. The quantitative estimate of drug-likeness (QED) is 0.746. The van der Waals surface area contributed by atoms with E-state index >= 15 is 0 Å². The fourth-order valence-electron chi connectivity index (χ4n) is 1.47. The molecule has 0 amide bonds. The lowest BCUT2D eigenvalue weighted by Gasteiger charge is -2.16. The van der Waals surface area contributed by atoms with Gasteiger partial charge in [-0.15, -0.1) is 0 Å². The van der Waals surface area contributed by atoms with Crippen molar-refractivity contribution in [1.29, 1.82) is 0 Å². The van der Waals surface area contributed by atoms with Crippen LogP contribution >= 0.6 is 0 Å². The van der Waals surface area contributed by atoms with Gasteiger partial charge in [-0.3, -0.25) is 0 Å². The summed E-state index contributed by atoms with van der Waals surface area (Å²) in [5, 5.41) is 9.10. The van der Waals surface area contributed by atoms with Gasteiger partial charge in [0.05, 0.1) is 0 Å². The Balaban J connectivity index is 2.47. The Morgan fingerprint density at radius 2 is 1.86 bits per heavy atom. The van der Waals surface area contributed by atoms with Gasteiger partial charge in [-0.1, -0.05) is 12.1 Å². The van der Waals surface area contributed by atoms with E-state index in [0.29, 0.717) is 5.75 Å². The van der Waals surface area contributed by atoms with Crippen LogP contribution in [0, 0.1) is 0 Å². The first-order valence-corrected chi connectivity index (χ1v) is 4.76. The average Bonchev–Trinajstić information content (AvgIpc) is 2.07. The van der Waals surface area contributed by atoms with Crippen LogP contribution in [0.3, 0.4) is 0 Å². The highest BCUT2D eigenvalue weighted by atomic mass is 16.3. The Labute approximate surface area is 85.2 Å². The fourth-order valence-corrected chi connectivity index (χ4v) is 1.47. The number of hydrogen-bond acceptors (Lipinski definition) is 3. The second-order valence-corrected chi connectivity index (χ2v) is 3.89. The first-order chi connectivity index (χ1) is 6.58. The molecule has 0 spiro atoms. The number of nitrogens with zero attached hydrogens (tertiary/aromatic N) is 1. The van der Waals surface area contributed by atoms with Crippen molar-refractivity contribution in [1.82, 2.24) is 4.90 Å². The smallest absolute Gasteiger partial charge is 0.115 e. The number of phenolic OH excluding ortho intramolecular Hbond substituents is 1. The molecule has 0 aliphatic rings. The van der Waals surface area contributed by atoms with Gasteiger partial charge in [0, 0.05) is 12.6 Å². The average molecular weight is 194 g/mol. The molecule has 0 aromatic heterocycles. The summed E-state index contributed by atoms with van der Waals surface area (Å²) in [6, 6.07) is 7.35. The lowest BCUT2D eigenvalue weighted by molar-refractivity contribution is 0.371.